The van der Waals surface area contributed by atoms with Crippen molar-refractivity contribution < 1.29 is 17.9 Å². The molecule has 0 aliphatic carbocycles. The predicted molar refractivity (Wildman–Crippen MR) is 92.7 cm³/mol. The second kappa shape index (κ2) is 7.53. The molecule has 134 valence electrons. The average molecular weight is 354 g/mol. The summed E-state index contributed by atoms with van der Waals surface area (Å²) in [6, 6.07) is 3.59. The Morgan fingerprint density at radius 2 is 1.88 bits per heavy atom. The molecule has 1 aromatic carbocycles. The van der Waals surface area contributed by atoms with E-state index in [0.29, 0.717) is 50.3 Å². The summed E-state index contributed by atoms with van der Waals surface area (Å²) < 4.78 is 33.1. The summed E-state index contributed by atoms with van der Waals surface area (Å²) in [6.45, 7) is 7.26. The molecule has 1 heterocycles. The van der Waals surface area contributed by atoms with Crippen molar-refractivity contribution in [3.63, 3.8) is 0 Å². The summed E-state index contributed by atoms with van der Waals surface area (Å²) in [5.74, 6) is 0.441. The Bertz CT molecular complexity index is 716. The van der Waals surface area contributed by atoms with E-state index >= 15 is 0 Å². The van der Waals surface area contributed by atoms with E-state index in [1.54, 1.807) is 17.9 Å². The largest absolute Gasteiger partial charge is 0.495 e. The smallest absolute Gasteiger partial charge is 0.247 e. The fourth-order valence-electron chi connectivity index (χ4n) is 3.13. The molecule has 7 heteroatoms. The zero-order chi connectivity index (χ0) is 17.9. The van der Waals surface area contributed by atoms with E-state index < -0.39 is 10.0 Å². The van der Waals surface area contributed by atoms with Crippen LogP contribution in [0.25, 0.3) is 0 Å². The fourth-order valence-corrected chi connectivity index (χ4v) is 4.95. The van der Waals surface area contributed by atoms with Crippen molar-refractivity contribution in [2.75, 3.05) is 33.3 Å². The SMILES string of the molecule is CCC(=O)N1CCCN(S(=O)(=O)c2c(C)cc(C)cc2OC)CC1. The van der Waals surface area contributed by atoms with Gasteiger partial charge < -0.3 is 9.64 Å². The van der Waals surface area contributed by atoms with E-state index in [0.717, 1.165) is 5.56 Å². The highest BCUT2D eigenvalue weighted by Gasteiger charge is 2.31. The molecule has 0 aromatic heterocycles. The molecule has 0 saturated carbocycles. The lowest BCUT2D eigenvalue weighted by Gasteiger charge is -2.23. The van der Waals surface area contributed by atoms with Gasteiger partial charge in [0.15, 0.2) is 0 Å². The van der Waals surface area contributed by atoms with Crippen LogP contribution in [0.15, 0.2) is 17.0 Å². The molecular weight excluding hydrogens is 328 g/mol. The second-order valence-corrected chi connectivity index (χ2v) is 7.98. The Morgan fingerprint density at radius 1 is 1.17 bits per heavy atom. The van der Waals surface area contributed by atoms with Crippen molar-refractivity contribution in [1.82, 2.24) is 9.21 Å². The highest BCUT2D eigenvalue weighted by molar-refractivity contribution is 7.89. The van der Waals surface area contributed by atoms with Crippen molar-refractivity contribution in [2.45, 2.75) is 38.5 Å². The van der Waals surface area contributed by atoms with E-state index in [2.05, 4.69) is 0 Å². The molecule has 6 nitrogen and oxygen atoms in total. The first-order valence-corrected chi connectivity index (χ1v) is 9.68. The second-order valence-electron chi connectivity index (χ2n) is 6.11. The number of amides is 1. The van der Waals surface area contributed by atoms with Crippen LogP contribution in [0.5, 0.6) is 5.75 Å². The third-order valence-electron chi connectivity index (χ3n) is 4.31. The number of nitrogens with zero attached hydrogens (tertiary/aromatic N) is 2. The van der Waals surface area contributed by atoms with Crippen molar-refractivity contribution in [1.29, 1.82) is 0 Å². The highest BCUT2D eigenvalue weighted by atomic mass is 32.2. The molecule has 1 aromatic rings. The molecule has 1 fully saturated rings. The summed E-state index contributed by atoms with van der Waals surface area (Å²) in [4.78, 5) is 13.8. The molecule has 2 rings (SSSR count). The Morgan fingerprint density at radius 3 is 2.50 bits per heavy atom. The van der Waals surface area contributed by atoms with Crippen LogP contribution in [0.1, 0.15) is 30.9 Å². The van der Waals surface area contributed by atoms with Gasteiger partial charge in [-0.2, -0.15) is 4.31 Å². The number of hydrogen-bond donors (Lipinski definition) is 0. The molecule has 24 heavy (non-hydrogen) atoms. The molecule has 0 bridgehead atoms. The van der Waals surface area contributed by atoms with E-state index in [4.69, 9.17) is 4.74 Å². The molecule has 0 spiro atoms. The van der Waals surface area contributed by atoms with Crippen LogP contribution in [-0.4, -0.2) is 56.8 Å². The molecule has 1 saturated heterocycles. The number of carbonyl (C=O) groups is 1. The minimum absolute atomic E-state index is 0.0679. The Hall–Kier alpha value is -1.60. The van der Waals surface area contributed by atoms with Crippen LogP contribution in [0.2, 0.25) is 0 Å². The lowest BCUT2D eigenvalue weighted by Crippen LogP contribution is -2.37. The van der Waals surface area contributed by atoms with Crippen molar-refractivity contribution in [3.8, 4) is 5.75 Å². The summed E-state index contributed by atoms with van der Waals surface area (Å²) in [6.07, 6.45) is 1.08. The van der Waals surface area contributed by atoms with E-state index in [9.17, 15) is 13.2 Å². The summed E-state index contributed by atoms with van der Waals surface area (Å²) >= 11 is 0. The normalized spacial score (nSPS) is 16.8. The van der Waals surface area contributed by atoms with Crippen molar-refractivity contribution in [3.05, 3.63) is 23.3 Å². The fraction of sp³-hybridized carbons (Fsp3) is 0.588. The highest BCUT2D eigenvalue weighted by Crippen LogP contribution is 2.31. The van der Waals surface area contributed by atoms with Gasteiger partial charge in [-0.1, -0.05) is 13.0 Å². The Balaban J connectivity index is 2.33. The first-order valence-electron chi connectivity index (χ1n) is 8.24. The quantitative estimate of drug-likeness (QED) is 0.829. The summed E-state index contributed by atoms with van der Waals surface area (Å²) in [5.41, 5.74) is 1.64. The van der Waals surface area contributed by atoms with Crippen LogP contribution in [0.4, 0.5) is 0 Å². The number of hydrogen-bond acceptors (Lipinski definition) is 4. The maximum Gasteiger partial charge on any atom is 0.247 e. The van der Waals surface area contributed by atoms with Crippen LogP contribution in [-0.2, 0) is 14.8 Å². The number of rotatable bonds is 4. The molecule has 0 N–H and O–H groups in total. The Labute approximate surface area is 144 Å². The van der Waals surface area contributed by atoms with Gasteiger partial charge in [-0.3, -0.25) is 4.79 Å². The Kier molecular flexibility index (Phi) is 5.87. The van der Waals surface area contributed by atoms with Crippen LogP contribution >= 0.6 is 0 Å². The first kappa shape index (κ1) is 18.7. The van der Waals surface area contributed by atoms with Crippen molar-refractivity contribution >= 4 is 15.9 Å². The third kappa shape index (κ3) is 3.72. The predicted octanol–water partition coefficient (Wildman–Crippen LogP) is 1.95. The minimum Gasteiger partial charge on any atom is -0.495 e. The number of methoxy groups -OCH3 is 1. The number of carbonyl (C=O) groups excluding carboxylic acids is 1. The van der Waals surface area contributed by atoms with E-state index in [1.165, 1.54) is 11.4 Å². The van der Waals surface area contributed by atoms with Gasteiger partial charge in [0.05, 0.1) is 7.11 Å². The lowest BCUT2D eigenvalue weighted by molar-refractivity contribution is -0.130. The zero-order valence-electron chi connectivity index (χ0n) is 14.8. The van der Waals surface area contributed by atoms with Crippen LogP contribution in [0, 0.1) is 13.8 Å². The van der Waals surface area contributed by atoms with Gasteiger partial charge in [0.2, 0.25) is 15.9 Å². The third-order valence-corrected chi connectivity index (χ3v) is 6.40. The first-order chi connectivity index (χ1) is 11.3. The average Bonchev–Trinajstić information content (AvgIpc) is 2.79. The molecule has 1 aliphatic heterocycles. The number of ether oxygens (including phenoxy) is 1. The van der Waals surface area contributed by atoms with Gasteiger partial charge in [0, 0.05) is 32.6 Å². The molecule has 0 atom stereocenters. The van der Waals surface area contributed by atoms with Gasteiger partial charge in [-0.05, 0) is 37.5 Å². The maximum atomic E-state index is 13.1. The van der Waals surface area contributed by atoms with Gasteiger partial charge in [-0.15, -0.1) is 0 Å². The molecular formula is C17H26N2O4S. The molecule has 1 amide bonds. The lowest BCUT2D eigenvalue weighted by atomic mass is 10.1. The molecule has 0 radical (unpaired) electrons. The van der Waals surface area contributed by atoms with Gasteiger partial charge in [0.25, 0.3) is 0 Å². The van der Waals surface area contributed by atoms with Crippen LogP contribution in [0.3, 0.4) is 0 Å². The van der Waals surface area contributed by atoms with Crippen LogP contribution < -0.4 is 4.74 Å². The van der Waals surface area contributed by atoms with Gasteiger partial charge in [-0.25, -0.2) is 8.42 Å². The zero-order valence-corrected chi connectivity index (χ0v) is 15.6. The number of aryl methyl sites for hydroxylation is 2. The number of benzene rings is 1. The molecule has 0 unspecified atom stereocenters. The summed E-state index contributed by atoms with van der Waals surface area (Å²) in [5, 5.41) is 0. The minimum atomic E-state index is -3.66. The van der Waals surface area contributed by atoms with E-state index in [-0.39, 0.29) is 10.8 Å². The summed E-state index contributed by atoms with van der Waals surface area (Å²) in [7, 11) is -2.18. The van der Waals surface area contributed by atoms with Gasteiger partial charge in [0.1, 0.15) is 10.6 Å². The topological polar surface area (TPSA) is 66.9 Å². The number of sulfonamides is 1. The standard InChI is InChI=1S/C17H26N2O4S/c1-5-16(20)18-7-6-8-19(10-9-18)24(21,22)17-14(3)11-13(2)12-15(17)23-4/h11-12H,5-10H2,1-4H3. The van der Waals surface area contributed by atoms with Crippen molar-refractivity contribution in [2.24, 2.45) is 0 Å². The van der Waals surface area contributed by atoms with Gasteiger partial charge >= 0.3 is 0 Å². The maximum absolute atomic E-state index is 13.1. The van der Waals surface area contributed by atoms with E-state index in [1.807, 2.05) is 19.9 Å². The monoisotopic (exact) mass is 354 g/mol. The molecule has 1 aliphatic rings.